The van der Waals surface area contributed by atoms with E-state index in [0.29, 0.717) is 17.6 Å². The Labute approximate surface area is 112 Å². The van der Waals surface area contributed by atoms with E-state index in [1.165, 1.54) is 0 Å². The molecular formula is C14H18N2O3. The van der Waals surface area contributed by atoms with Crippen molar-refractivity contribution in [3.8, 4) is 0 Å². The maximum absolute atomic E-state index is 11.0. The van der Waals surface area contributed by atoms with Crippen molar-refractivity contribution in [2.45, 2.75) is 50.8 Å². The van der Waals surface area contributed by atoms with E-state index in [1.807, 2.05) is 12.1 Å². The Kier molecular flexibility index (Phi) is 2.93. The van der Waals surface area contributed by atoms with E-state index in [9.17, 15) is 15.2 Å². The van der Waals surface area contributed by atoms with Crippen molar-refractivity contribution in [2.24, 2.45) is 0 Å². The van der Waals surface area contributed by atoms with Gasteiger partial charge in [0.25, 0.3) is 5.69 Å². The molecule has 0 amide bonds. The lowest BCUT2D eigenvalue weighted by molar-refractivity contribution is -0.385. The van der Waals surface area contributed by atoms with Gasteiger partial charge in [-0.25, -0.2) is 0 Å². The lowest BCUT2D eigenvalue weighted by Crippen LogP contribution is -2.44. The fraction of sp³-hybridized carbons (Fsp3) is 0.571. The number of benzene rings is 1. The van der Waals surface area contributed by atoms with Gasteiger partial charge in [-0.3, -0.25) is 10.1 Å². The van der Waals surface area contributed by atoms with Crippen LogP contribution in [0.4, 0.5) is 11.4 Å². The van der Waals surface area contributed by atoms with Crippen LogP contribution in [-0.4, -0.2) is 28.2 Å². The third-order valence-electron chi connectivity index (χ3n) is 4.40. The molecule has 2 fully saturated rings. The van der Waals surface area contributed by atoms with Crippen LogP contribution in [-0.2, 0) is 0 Å². The molecule has 0 aliphatic carbocycles. The molecule has 1 aromatic carbocycles. The lowest BCUT2D eigenvalue weighted by Gasteiger charge is -2.39. The van der Waals surface area contributed by atoms with Gasteiger partial charge in [0, 0.05) is 29.4 Å². The molecule has 2 unspecified atom stereocenters. The molecule has 2 aliphatic heterocycles. The van der Waals surface area contributed by atoms with Crippen molar-refractivity contribution in [1.82, 2.24) is 0 Å². The summed E-state index contributed by atoms with van der Waals surface area (Å²) in [5, 5.41) is 20.8. The molecule has 0 spiro atoms. The Morgan fingerprint density at radius 3 is 2.53 bits per heavy atom. The Hall–Kier alpha value is -1.62. The molecule has 0 saturated carbocycles. The molecule has 2 aliphatic rings. The summed E-state index contributed by atoms with van der Waals surface area (Å²) in [4.78, 5) is 13.0. The van der Waals surface area contributed by atoms with E-state index in [4.69, 9.17) is 0 Å². The van der Waals surface area contributed by atoms with E-state index in [-0.39, 0.29) is 16.7 Å². The van der Waals surface area contributed by atoms with E-state index >= 15 is 0 Å². The topological polar surface area (TPSA) is 66.6 Å². The number of fused-ring (bicyclic) bond motifs is 2. The smallest absolute Gasteiger partial charge is 0.274 e. The first-order valence-electron chi connectivity index (χ1n) is 6.77. The minimum atomic E-state index is -0.320. The normalized spacial score (nSPS) is 29.6. The number of nitro benzene ring substituents is 1. The molecule has 3 rings (SSSR count). The first-order chi connectivity index (χ1) is 9.06. The molecule has 2 saturated heterocycles. The molecule has 0 aromatic heterocycles. The highest BCUT2D eigenvalue weighted by Crippen LogP contribution is 2.40. The van der Waals surface area contributed by atoms with Gasteiger partial charge >= 0.3 is 0 Å². The Balaban J connectivity index is 1.95. The molecule has 5 heteroatoms. The predicted octanol–water partition coefficient (Wildman–Crippen LogP) is 2.40. The molecular weight excluding hydrogens is 244 g/mol. The maximum Gasteiger partial charge on any atom is 0.274 e. The zero-order valence-electron chi connectivity index (χ0n) is 11.0. The fourth-order valence-electron chi connectivity index (χ4n) is 3.52. The van der Waals surface area contributed by atoms with E-state index < -0.39 is 0 Å². The van der Waals surface area contributed by atoms with Crippen molar-refractivity contribution in [3.63, 3.8) is 0 Å². The summed E-state index contributed by atoms with van der Waals surface area (Å²) >= 11 is 0. The van der Waals surface area contributed by atoms with Gasteiger partial charge in [0.1, 0.15) is 0 Å². The van der Waals surface area contributed by atoms with Gasteiger partial charge in [0.2, 0.25) is 0 Å². The molecule has 0 radical (unpaired) electrons. The summed E-state index contributed by atoms with van der Waals surface area (Å²) in [7, 11) is 0. The number of piperidine rings is 1. The Morgan fingerprint density at radius 1 is 1.32 bits per heavy atom. The first-order valence-corrected chi connectivity index (χ1v) is 6.77. The lowest BCUT2D eigenvalue weighted by atomic mass is 9.98. The highest BCUT2D eigenvalue weighted by Gasteiger charge is 2.40. The number of aliphatic hydroxyl groups is 1. The zero-order chi connectivity index (χ0) is 13.6. The van der Waals surface area contributed by atoms with Crippen molar-refractivity contribution in [2.75, 3.05) is 4.90 Å². The average Bonchev–Trinajstić information content (AvgIpc) is 2.63. The highest BCUT2D eigenvalue weighted by molar-refractivity contribution is 5.58. The minimum Gasteiger partial charge on any atom is -0.393 e. The number of nitrogens with zero attached hydrogens (tertiary/aromatic N) is 2. The van der Waals surface area contributed by atoms with Crippen molar-refractivity contribution < 1.29 is 10.0 Å². The van der Waals surface area contributed by atoms with Crippen LogP contribution in [0, 0.1) is 17.0 Å². The van der Waals surface area contributed by atoms with Crippen molar-refractivity contribution >= 4 is 11.4 Å². The number of hydrogen-bond donors (Lipinski definition) is 1. The summed E-state index contributed by atoms with van der Waals surface area (Å²) in [5.41, 5.74) is 1.80. The van der Waals surface area contributed by atoms with Gasteiger partial charge in [-0.2, -0.15) is 0 Å². The molecule has 1 aromatic rings. The van der Waals surface area contributed by atoms with Crippen molar-refractivity contribution in [1.29, 1.82) is 0 Å². The summed E-state index contributed by atoms with van der Waals surface area (Å²) in [6.07, 6.45) is 3.48. The van der Waals surface area contributed by atoms with Gasteiger partial charge in [-0.15, -0.1) is 0 Å². The highest BCUT2D eigenvalue weighted by atomic mass is 16.6. The number of hydrogen-bond acceptors (Lipinski definition) is 4. The fourth-order valence-corrected chi connectivity index (χ4v) is 3.52. The number of anilines is 1. The molecule has 2 bridgehead atoms. The number of aliphatic hydroxyl groups excluding tert-OH is 1. The standard InChI is InChI=1S/C14H18N2O3/c1-9-2-3-12(8-14(9)16(18)19)15-10-4-5-11(15)7-13(17)6-10/h2-3,8,10-11,13,17H,4-7H2,1H3. The number of rotatable bonds is 2. The molecule has 2 heterocycles. The van der Waals surface area contributed by atoms with Gasteiger partial charge in [-0.05, 0) is 38.7 Å². The van der Waals surface area contributed by atoms with Gasteiger partial charge in [0.15, 0.2) is 0 Å². The molecule has 19 heavy (non-hydrogen) atoms. The molecule has 1 N–H and O–H groups in total. The van der Waals surface area contributed by atoms with Gasteiger partial charge < -0.3 is 10.0 Å². The Bertz CT molecular complexity index is 503. The van der Waals surface area contributed by atoms with Gasteiger partial charge in [-0.1, -0.05) is 6.07 Å². The Morgan fingerprint density at radius 2 is 1.95 bits per heavy atom. The first kappa shape index (κ1) is 12.4. The number of nitro groups is 1. The van der Waals surface area contributed by atoms with Crippen molar-refractivity contribution in [3.05, 3.63) is 33.9 Å². The number of aryl methyl sites for hydroxylation is 1. The third kappa shape index (κ3) is 2.08. The maximum atomic E-state index is 11.0. The summed E-state index contributed by atoms with van der Waals surface area (Å²) in [6.45, 7) is 1.76. The largest absolute Gasteiger partial charge is 0.393 e. The SMILES string of the molecule is Cc1ccc(N2C3CCC2CC(O)C3)cc1[N+](=O)[O-]. The second-order valence-corrected chi connectivity index (χ2v) is 5.65. The second kappa shape index (κ2) is 4.49. The van der Waals surface area contributed by atoms with Crippen LogP contribution in [0.3, 0.4) is 0 Å². The molecule has 102 valence electrons. The van der Waals surface area contributed by atoms with E-state index in [2.05, 4.69) is 4.90 Å². The van der Waals surface area contributed by atoms with E-state index in [0.717, 1.165) is 31.4 Å². The second-order valence-electron chi connectivity index (χ2n) is 5.65. The van der Waals surface area contributed by atoms with Crippen LogP contribution < -0.4 is 4.90 Å². The summed E-state index contributed by atoms with van der Waals surface area (Å²) < 4.78 is 0. The molecule has 5 nitrogen and oxygen atoms in total. The minimum absolute atomic E-state index is 0.183. The van der Waals surface area contributed by atoms with Crippen LogP contribution in [0.2, 0.25) is 0 Å². The van der Waals surface area contributed by atoms with Crippen LogP contribution >= 0.6 is 0 Å². The quantitative estimate of drug-likeness (QED) is 0.656. The van der Waals surface area contributed by atoms with Crippen LogP contribution in [0.1, 0.15) is 31.2 Å². The van der Waals surface area contributed by atoms with Gasteiger partial charge in [0.05, 0.1) is 11.0 Å². The third-order valence-corrected chi connectivity index (χ3v) is 4.40. The monoisotopic (exact) mass is 262 g/mol. The van der Waals surface area contributed by atoms with Crippen LogP contribution in [0.15, 0.2) is 18.2 Å². The molecule has 2 atom stereocenters. The summed E-state index contributed by atoms with van der Waals surface area (Å²) in [5.74, 6) is 0. The average molecular weight is 262 g/mol. The van der Waals surface area contributed by atoms with Crippen LogP contribution in [0.5, 0.6) is 0 Å². The predicted molar refractivity (Wildman–Crippen MR) is 72.4 cm³/mol. The zero-order valence-corrected chi connectivity index (χ0v) is 11.0. The van der Waals surface area contributed by atoms with Crippen LogP contribution in [0.25, 0.3) is 0 Å². The van der Waals surface area contributed by atoms with E-state index in [1.54, 1.807) is 13.0 Å². The summed E-state index contributed by atoms with van der Waals surface area (Å²) in [6, 6.07) is 6.12.